The Kier molecular flexibility index (Phi) is 5.62. The van der Waals surface area contributed by atoms with Crippen LogP contribution in [-0.4, -0.2) is 25.9 Å². The summed E-state index contributed by atoms with van der Waals surface area (Å²) in [7, 11) is -3.71. The van der Waals surface area contributed by atoms with Gasteiger partial charge in [0.25, 0.3) is 5.56 Å². The van der Waals surface area contributed by atoms with Crippen molar-refractivity contribution < 1.29 is 13.2 Å². The molecule has 0 aliphatic carbocycles. The lowest BCUT2D eigenvalue weighted by Crippen LogP contribution is -2.27. The van der Waals surface area contributed by atoms with E-state index in [0.29, 0.717) is 11.3 Å². The number of anilines is 1. The lowest BCUT2D eigenvalue weighted by molar-refractivity contribution is -0.114. The number of carbonyl (C=O) groups is 1. The molecule has 146 valence electrons. The monoisotopic (exact) mass is 399 g/mol. The van der Waals surface area contributed by atoms with Gasteiger partial charge in [-0.25, -0.2) is 13.1 Å². The average molecular weight is 399 g/mol. The lowest BCUT2D eigenvalue weighted by Gasteiger charge is -2.08. The highest BCUT2D eigenvalue weighted by atomic mass is 32.2. The van der Waals surface area contributed by atoms with Gasteiger partial charge in [-0.1, -0.05) is 11.6 Å². The van der Waals surface area contributed by atoms with E-state index >= 15 is 0 Å². The first-order chi connectivity index (χ1) is 13.2. The van der Waals surface area contributed by atoms with Crippen LogP contribution >= 0.6 is 0 Å². The van der Waals surface area contributed by atoms with Crippen molar-refractivity contribution in [3.05, 3.63) is 70.0 Å². The smallest absolute Gasteiger partial charge is 0.251 e. The molecule has 0 atom stereocenters. The number of hydrogen-bond acceptors (Lipinski definition) is 4. The number of pyridine rings is 1. The number of rotatable bonds is 6. The van der Waals surface area contributed by atoms with E-state index in [9.17, 15) is 18.0 Å². The van der Waals surface area contributed by atoms with Crippen molar-refractivity contribution in [3.63, 3.8) is 0 Å². The van der Waals surface area contributed by atoms with Gasteiger partial charge in [0.05, 0.1) is 4.90 Å². The SMILES string of the molecule is CC(=O)Nc1ccc(S(=O)(=O)NCCc2cc3cc(C)ccc3[nH]c2=O)cc1. The summed E-state index contributed by atoms with van der Waals surface area (Å²) in [4.78, 5) is 26.1. The number of fused-ring (bicyclic) bond motifs is 1. The van der Waals surface area contributed by atoms with Crippen LogP contribution in [0.15, 0.2) is 58.2 Å². The van der Waals surface area contributed by atoms with Gasteiger partial charge in [0, 0.05) is 30.2 Å². The molecule has 0 bridgehead atoms. The number of aromatic nitrogens is 1. The van der Waals surface area contributed by atoms with Gasteiger partial charge in [-0.05, 0) is 61.2 Å². The molecule has 0 spiro atoms. The highest BCUT2D eigenvalue weighted by Gasteiger charge is 2.14. The summed E-state index contributed by atoms with van der Waals surface area (Å²) in [6.45, 7) is 3.44. The molecule has 7 nitrogen and oxygen atoms in total. The highest BCUT2D eigenvalue weighted by Crippen LogP contribution is 2.15. The van der Waals surface area contributed by atoms with E-state index in [1.165, 1.54) is 31.2 Å². The van der Waals surface area contributed by atoms with Crippen LogP contribution in [0.4, 0.5) is 5.69 Å². The molecule has 3 aromatic rings. The Morgan fingerprint density at radius 3 is 2.46 bits per heavy atom. The molecular formula is C20H21N3O4S. The summed E-state index contributed by atoms with van der Waals surface area (Å²) >= 11 is 0. The average Bonchev–Trinajstić information content (AvgIpc) is 2.62. The Morgan fingerprint density at radius 1 is 1.07 bits per heavy atom. The van der Waals surface area contributed by atoms with E-state index < -0.39 is 10.0 Å². The molecule has 8 heteroatoms. The van der Waals surface area contributed by atoms with Gasteiger partial charge in [-0.3, -0.25) is 9.59 Å². The number of hydrogen-bond donors (Lipinski definition) is 3. The molecule has 0 fully saturated rings. The van der Waals surface area contributed by atoms with Gasteiger partial charge < -0.3 is 10.3 Å². The first-order valence-electron chi connectivity index (χ1n) is 8.74. The largest absolute Gasteiger partial charge is 0.326 e. The molecular weight excluding hydrogens is 378 g/mol. The number of sulfonamides is 1. The fourth-order valence-corrected chi connectivity index (χ4v) is 3.91. The molecule has 0 unspecified atom stereocenters. The van der Waals surface area contributed by atoms with Gasteiger partial charge in [-0.2, -0.15) is 0 Å². The van der Waals surface area contributed by atoms with Crippen LogP contribution in [-0.2, 0) is 21.2 Å². The molecule has 1 aromatic heterocycles. The molecule has 3 N–H and O–H groups in total. The zero-order valence-corrected chi connectivity index (χ0v) is 16.4. The number of amides is 1. The molecule has 0 saturated carbocycles. The first-order valence-corrected chi connectivity index (χ1v) is 10.2. The maximum absolute atomic E-state index is 12.4. The van der Waals surface area contributed by atoms with E-state index in [1.807, 2.05) is 25.1 Å². The number of nitrogens with one attached hydrogen (secondary N) is 3. The van der Waals surface area contributed by atoms with E-state index in [1.54, 1.807) is 6.07 Å². The predicted octanol–water partition coefficient (Wildman–Crippen LogP) is 2.32. The third-order valence-corrected chi connectivity index (χ3v) is 5.72. The van der Waals surface area contributed by atoms with E-state index in [-0.39, 0.29) is 29.3 Å². The zero-order valence-electron chi connectivity index (χ0n) is 15.6. The Balaban J connectivity index is 1.70. The van der Waals surface area contributed by atoms with Gasteiger partial charge in [0.15, 0.2) is 0 Å². The van der Waals surface area contributed by atoms with Gasteiger partial charge in [-0.15, -0.1) is 0 Å². The normalized spacial score (nSPS) is 11.5. The first kappa shape index (κ1) is 19.8. The van der Waals surface area contributed by atoms with Gasteiger partial charge in [0.2, 0.25) is 15.9 Å². The van der Waals surface area contributed by atoms with Crippen LogP contribution in [0.3, 0.4) is 0 Å². The minimum atomic E-state index is -3.71. The van der Waals surface area contributed by atoms with Crippen molar-refractivity contribution in [1.29, 1.82) is 0 Å². The molecule has 0 saturated heterocycles. The second-order valence-corrected chi connectivity index (χ2v) is 8.33. The lowest BCUT2D eigenvalue weighted by atomic mass is 10.1. The van der Waals surface area contributed by atoms with Crippen LogP contribution in [0.1, 0.15) is 18.1 Å². The van der Waals surface area contributed by atoms with Crippen LogP contribution in [0, 0.1) is 6.92 Å². The van der Waals surface area contributed by atoms with Crippen molar-refractivity contribution in [1.82, 2.24) is 9.71 Å². The molecule has 0 aliphatic heterocycles. The number of H-pyrrole nitrogens is 1. The maximum Gasteiger partial charge on any atom is 0.251 e. The van der Waals surface area contributed by atoms with Crippen LogP contribution in [0.2, 0.25) is 0 Å². The second-order valence-electron chi connectivity index (χ2n) is 6.57. The van der Waals surface area contributed by atoms with Crippen LogP contribution in [0.25, 0.3) is 10.9 Å². The standard InChI is InChI=1S/C20H21N3O4S/c1-13-3-8-19-16(11-13)12-15(20(25)23-19)9-10-21-28(26,27)18-6-4-17(5-7-18)22-14(2)24/h3-8,11-12,21H,9-10H2,1-2H3,(H,22,24)(H,23,25). The van der Waals surface area contributed by atoms with Gasteiger partial charge >= 0.3 is 0 Å². The Hall–Kier alpha value is -2.97. The minimum absolute atomic E-state index is 0.0876. The highest BCUT2D eigenvalue weighted by molar-refractivity contribution is 7.89. The number of aromatic amines is 1. The quantitative estimate of drug-likeness (QED) is 0.591. The molecule has 1 heterocycles. The molecule has 3 rings (SSSR count). The molecule has 0 aliphatic rings. The van der Waals surface area contributed by atoms with E-state index in [0.717, 1.165) is 16.5 Å². The van der Waals surface area contributed by atoms with Gasteiger partial charge in [0.1, 0.15) is 0 Å². The van der Waals surface area contributed by atoms with E-state index in [2.05, 4.69) is 15.0 Å². The van der Waals surface area contributed by atoms with Crippen molar-refractivity contribution in [3.8, 4) is 0 Å². The third-order valence-electron chi connectivity index (χ3n) is 4.25. The summed E-state index contributed by atoms with van der Waals surface area (Å²) in [5.74, 6) is -0.232. The summed E-state index contributed by atoms with van der Waals surface area (Å²) in [5, 5.41) is 3.49. The third kappa shape index (κ3) is 4.65. The Labute approximate surface area is 162 Å². The van der Waals surface area contributed by atoms with Crippen molar-refractivity contribution in [2.24, 2.45) is 0 Å². The zero-order chi connectivity index (χ0) is 20.3. The van der Waals surface area contributed by atoms with Crippen LogP contribution in [0.5, 0.6) is 0 Å². The molecule has 2 aromatic carbocycles. The van der Waals surface area contributed by atoms with Crippen molar-refractivity contribution in [2.45, 2.75) is 25.2 Å². The molecule has 28 heavy (non-hydrogen) atoms. The topological polar surface area (TPSA) is 108 Å². The van der Waals surface area contributed by atoms with Crippen LogP contribution < -0.4 is 15.6 Å². The Bertz CT molecular complexity index is 1180. The second kappa shape index (κ2) is 7.95. The fraction of sp³-hybridized carbons (Fsp3) is 0.200. The molecule has 1 amide bonds. The maximum atomic E-state index is 12.4. The summed E-state index contributed by atoms with van der Waals surface area (Å²) in [6, 6.07) is 13.4. The summed E-state index contributed by atoms with van der Waals surface area (Å²) < 4.78 is 27.3. The van der Waals surface area contributed by atoms with E-state index in [4.69, 9.17) is 0 Å². The summed E-state index contributed by atoms with van der Waals surface area (Å²) in [5.41, 5.74) is 2.63. The number of benzene rings is 2. The predicted molar refractivity (Wildman–Crippen MR) is 109 cm³/mol. The number of aryl methyl sites for hydroxylation is 1. The minimum Gasteiger partial charge on any atom is -0.326 e. The molecule has 0 radical (unpaired) electrons. The van der Waals surface area contributed by atoms with Crippen molar-refractivity contribution >= 4 is 32.5 Å². The Morgan fingerprint density at radius 2 is 1.79 bits per heavy atom. The number of carbonyl (C=O) groups excluding carboxylic acids is 1. The summed E-state index contributed by atoms with van der Waals surface area (Å²) in [6.07, 6.45) is 0.266. The van der Waals surface area contributed by atoms with Crippen molar-refractivity contribution in [2.75, 3.05) is 11.9 Å². The fourth-order valence-electron chi connectivity index (χ4n) is 2.88.